The van der Waals surface area contributed by atoms with Crippen molar-refractivity contribution in [3.8, 4) is 5.75 Å². The Hall–Kier alpha value is -1.58. The topological polar surface area (TPSA) is 42.4 Å². The van der Waals surface area contributed by atoms with Crippen LogP contribution in [0, 0.1) is 0 Å². The van der Waals surface area contributed by atoms with E-state index in [2.05, 4.69) is 4.98 Å². The largest absolute Gasteiger partial charge is 0.495 e. The zero-order valence-electron chi connectivity index (χ0n) is 10.0. The summed E-state index contributed by atoms with van der Waals surface area (Å²) in [5.74, 6) is 0.606. The third kappa shape index (κ3) is 3.00. The maximum Gasteiger partial charge on any atom is 0.137 e. The lowest BCUT2D eigenvalue weighted by atomic mass is 10.0. The maximum atomic E-state index is 10.1. The molecule has 0 aliphatic carbocycles. The van der Waals surface area contributed by atoms with E-state index in [1.165, 1.54) is 0 Å². The SMILES string of the molecule is COc1ccc(C(O)Cc2cccnc2)cc1Cl. The van der Waals surface area contributed by atoms with E-state index in [4.69, 9.17) is 16.3 Å². The molecular weight excluding hydrogens is 250 g/mol. The number of aromatic nitrogens is 1. The summed E-state index contributed by atoms with van der Waals surface area (Å²) in [5.41, 5.74) is 1.75. The third-order valence-electron chi connectivity index (χ3n) is 2.71. The summed E-state index contributed by atoms with van der Waals surface area (Å²) >= 11 is 6.03. The number of halogens is 1. The molecule has 1 unspecified atom stereocenters. The molecule has 94 valence electrons. The van der Waals surface area contributed by atoms with Crippen LogP contribution >= 0.6 is 11.6 Å². The lowest BCUT2D eigenvalue weighted by molar-refractivity contribution is 0.178. The Bertz CT molecular complexity index is 516. The van der Waals surface area contributed by atoms with E-state index in [9.17, 15) is 5.11 Å². The normalized spacial score (nSPS) is 12.2. The first-order chi connectivity index (χ1) is 8.70. The van der Waals surface area contributed by atoms with Gasteiger partial charge >= 0.3 is 0 Å². The molecule has 1 aromatic carbocycles. The summed E-state index contributed by atoms with van der Waals surface area (Å²) in [6.07, 6.45) is 3.36. The van der Waals surface area contributed by atoms with Crippen LogP contribution in [0.4, 0.5) is 0 Å². The van der Waals surface area contributed by atoms with Crippen LogP contribution in [-0.2, 0) is 6.42 Å². The van der Waals surface area contributed by atoms with Crippen LogP contribution in [0.25, 0.3) is 0 Å². The van der Waals surface area contributed by atoms with E-state index < -0.39 is 6.10 Å². The first-order valence-electron chi connectivity index (χ1n) is 5.61. The molecular formula is C14H14ClNO2. The van der Waals surface area contributed by atoms with Crippen LogP contribution in [0.1, 0.15) is 17.2 Å². The van der Waals surface area contributed by atoms with Crippen molar-refractivity contribution >= 4 is 11.6 Å². The number of pyridine rings is 1. The summed E-state index contributed by atoms with van der Waals surface area (Å²) in [6.45, 7) is 0. The number of hydrogen-bond donors (Lipinski definition) is 1. The number of nitrogens with zero attached hydrogens (tertiary/aromatic N) is 1. The standard InChI is InChI=1S/C14H14ClNO2/c1-18-14-5-4-11(8-12(14)15)13(17)7-10-3-2-6-16-9-10/h2-6,8-9,13,17H,7H2,1H3. The highest BCUT2D eigenvalue weighted by Crippen LogP contribution is 2.28. The van der Waals surface area contributed by atoms with Gasteiger partial charge in [-0.25, -0.2) is 0 Å². The zero-order valence-corrected chi connectivity index (χ0v) is 10.8. The number of rotatable bonds is 4. The second-order valence-electron chi connectivity index (χ2n) is 3.98. The molecule has 0 bridgehead atoms. The van der Waals surface area contributed by atoms with Crippen molar-refractivity contribution in [2.75, 3.05) is 7.11 Å². The average molecular weight is 264 g/mol. The van der Waals surface area contributed by atoms with Crippen molar-refractivity contribution in [3.63, 3.8) is 0 Å². The minimum absolute atomic E-state index is 0.500. The van der Waals surface area contributed by atoms with Crippen LogP contribution in [-0.4, -0.2) is 17.2 Å². The summed E-state index contributed by atoms with van der Waals surface area (Å²) in [4.78, 5) is 4.02. The minimum atomic E-state index is -0.599. The maximum absolute atomic E-state index is 10.1. The first kappa shape index (κ1) is 12.9. The van der Waals surface area contributed by atoms with Crippen LogP contribution in [0.15, 0.2) is 42.7 Å². The number of aliphatic hydroxyl groups excluding tert-OH is 1. The van der Waals surface area contributed by atoms with Crippen LogP contribution in [0.3, 0.4) is 0 Å². The van der Waals surface area contributed by atoms with Gasteiger partial charge in [-0.1, -0.05) is 23.7 Å². The summed E-state index contributed by atoms with van der Waals surface area (Å²) in [5, 5.41) is 10.6. The molecule has 0 amide bonds. The molecule has 3 nitrogen and oxygen atoms in total. The summed E-state index contributed by atoms with van der Waals surface area (Å²) in [6, 6.07) is 9.07. The fourth-order valence-corrected chi connectivity index (χ4v) is 2.02. The van der Waals surface area contributed by atoms with Crippen molar-refractivity contribution in [1.29, 1.82) is 0 Å². The van der Waals surface area contributed by atoms with E-state index in [0.29, 0.717) is 17.2 Å². The fourth-order valence-electron chi connectivity index (χ4n) is 1.75. The van der Waals surface area contributed by atoms with Crippen LogP contribution in [0.2, 0.25) is 5.02 Å². The van der Waals surface area contributed by atoms with Gasteiger partial charge in [-0.3, -0.25) is 4.98 Å². The molecule has 1 N–H and O–H groups in total. The predicted octanol–water partition coefficient (Wildman–Crippen LogP) is 3.02. The van der Waals surface area contributed by atoms with E-state index >= 15 is 0 Å². The van der Waals surface area contributed by atoms with E-state index in [-0.39, 0.29) is 0 Å². The molecule has 0 saturated heterocycles. The molecule has 2 aromatic rings. The molecule has 1 atom stereocenters. The Balaban J connectivity index is 2.14. The summed E-state index contributed by atoms with van der Waals surface area (Å²) < 4.78 is 5.07. The quantitative estimate of drug-likeness (QED) is 0.922. The van der Waals surface area contributed by atoms with Crippen molar-refractivity contribution in [1.82, 2.24) is 4.98 Å². The highest BCUT2D eigenvalue weighted by atomic mass is 35.5. The van der Waals surface area contributed by atoms with Gasteiger partial charge in [0.1, 0.15) is 5.75 Å². The van der Waals surface area contributed by atoms with Crippen LogP contribution in [0.5, 0.6) is 5.75 Å². The molecule has 18 heavy (non-hydrogen) atoms. The van der Waals surface area contributed by atoms with Gasteiger partial charge in [0.2, 0.25) is 0 Å². The fraction of sp³-hybridized carbons (Fsp3) is 0.214. The summed E-state index contributed by atoms with van der Waals surface area (Å²) in [7, 11) is 1.56. The molecule has 0 aliphatic heterocycles. The number of methoxy groups -OCH3 is 1. The molecule has 0 spiro atoms. The van der Waals surface area contributed by atoms with E-state index in [0.717, 1.165) is 11.1 Å². The number of aliphatic hydroxyl groups is 1. The Morgan fingerprint density at radius 2 is 2.22 bits per heavy atom. The van der Waals surface area contributed by atoms with Crippen LogP contribution < -0.4 is 4.74 Å². The Morgan fingerprint density at radius 1 is 1.39 bits per heavy atom. The molecule has 4 heteroatoms. The Morgan fingerprint density at radius 3 is 2.83 bits per heavy atom. The Kier molecular flexibility index (Phi) is 4.18. The molecule has 1 aromatic heterocycles. The van der Waals surface area contributed by atoms with Gasteiger partial charge in [-0.2, -0.15) is 0 Å². The molecule has 0 fully saturated rings. The molecule has 0 aliphatic rings. The highest BCUT2D eigenvalue weighted by Gasteiger charge is 2.11. The van der Waals surface area contributed by atoms with Gasteiger partial charge < -0.3 is 9.84 Å². The second kappa shape index (κ2) is 5.85. The van der Waals surface area contributed by atoms with Crippen molar-refractivity contribution in [3.05, 3.63) is 58.9 Å². The highest BCUT2D eigenvalue weighted by molar-refractivity contribution is 6.32. The lowest BCUT2D eigenvalue weighted by Gasteiger charge is -2.12. The second-order valence-corrected chi connectivity index (χ2v) is 4.38. The number of benzene rings is 1. The number of hydrogen-bond acceptors (Lipinski definition) is 3. The minimum Gasteiger partial charge on any atom is -0.495 e. The van der Waals surface area contributed by atoms with Gasteiger partial charge in [-0.15, -0.1) is 0 Å². The molecule has 1 heterocycles. The van der Waals surface area contributed by atoms with Gasteiger partial charge in [-0.05, 0) is 29.3 Å². The van der Waals surface area contributed by atoms with Crippen molar-refractivity contribution in [2.24, 2.45) is 0 Å². The van der Waals surface area contributed by atoms with Gasteiger partial charge in [0.25, 0.3) is 0 Å². The van der Waals surface area contributed by atoms with Gasteiger partial charge in [0.15, 0.2) is 0 Å². The molecule has 0 radical (unpaired) electrons. The predicted molar refractivity (Wildman–Crippen MR) is 70.9 cm³/mol. The number of ether oxygens (including phenoxy) is 1. The monoisotopic (exact) mass is 263 g/mol. The first-order valence-corrected chi connectivity index (χ1v) is 5.99. The van der Waals surface area contributed by atoms with E-state index in [1.807, 2.05) is 18.2 Å². The average Bonchev–Trinajstić information content (AvgIpc) is 2.39. The van der Waals surface area contributed by atoms with Gasteiger partial charge in [0, 0.05) is 18.8 Å². The van der Waals surface area contributed by atoms with Crippen molar-refractivity contribution in [2.45, 2.75) is 12.5 Å². The third-order valence-corrected chi connectivity index (χ3v) is 3.01. The molecule has 0 saturated carbocycles. The van der Waals surface area contributed by atoms with E-state index in [1.54, 1.807) is 31.6 Å². The smallest absolute Gasteiger partial charge is 0.137 e. The lowest BCUT2D eigenvalue weighted by Crippen LogP contribution is -2.02. The molecule has 2 rings (SSSR count). The van der Waals surface area contributed by atoms with Gasteiger partial charge in [0.05, 0.1) is 18.2 Å². The Labute approximate surface area is 111 Å². The van der Waals surface area contributed by atoms with Crippen molar-refractivity contribution < 1.29 is 9.84 Å². The zero-order chi connectivity index (χ0) is 13.0.